The molecule has 1 saturated heterocycles. The fourth-order valence-corrected chi connectivity index (χ4v) is 5.03. The van der Waals surface area contributed by atoms with Crippen molar-refractivity contribution >= 4 is 16.8 Å². The zero-order valence-electron chi connectivity index (χ0n) is 16.5. The number of halogens is 3. The highest BCUT2D eigenvalue weighted by atomic mass is 19.3. The topological polar surface area (TPSA) is 68.4 Å². The number of rotatable bonds is 5. The first-order valence-electron chi connectivity index (χ1n) is 9.92. The van der Waals surface area contributed by atoms with E-state index in [2.05, 4.69) is 15.2 Å². The highest BCUT2D eigenvalue weighted by Gasteiger charge is 2.43. The van der Waals surface area contributed by atoms with Crippen LogP contribution in [0.4, 0.5) is 13.2 Å². The highest BCUT2D eigenvalue weighted by molar-refractivity contribution is 5.90. The van der Waals surface area contributed by atoms with Crippen molar-refractivity contribution in [2.45, 2.75) is 50.4 Å². The van der Waals surface area contributed by atoms with Gasteiger partial charge in [-0.1, -0.05) is 12.1 Å². The van der Waals surface area contributed by atoms with Crippen molar-refractivity contribution < 1.29 is 23.1 Å². The van der Waals surface area contributed by atoms with E-state index in [4.69, 9.17) is 0 Å². The molecule has 4 unspecified atom stereocenters. The van der Waals surface area contributed by atoms with Gasteiger partial charge in [0.1, 0.15) is 12.7 Å². The number of nitrogens with one attached hydrogen (secondary N) is 2. The summed E-state index contributed by atoms with van der Waals surface area (Å²) < 4.78 is 40.7. The van der Waals surface area contributed by atoms with Crippen LogP contribution < -0.4 is 5.32 Å². The number of amides is 1. The summed E-state index contributed by atoms with van der Waals surface area (Å²) in [6.45, 7) is -0.249. The number of aromatic nitrogens is 1. The fraction of sp³-hybridized carbons (Fsp3) is 0.571. The van der Waals surface area contributed by atoms with Crippen molar-refractivity contribution in [3.8, 4) is 0 Å². The third-order valence-corrected chi connectivity index (χ3v) is 6.55. The summed E-state index contributed by atoms with van der Waals surface area (Å²) in [4.78, 5) is 18.0. The number of benzene rings is 1. The Bertz CT molecular complexity index is 924. The summed E-state index contributed by atoms with van der Waals surface area (Å²) in [5.41, 5.74) is 3.58. The quantitative estimate of drug-likeness (QED) is 0.711. The van der Waals surface area contributed by atoms with Crippen molar-refractivity contribution in [1.82, 2.24) is 15.2 Å². The molecule has 0 radical (unpaired) electrons. The number of likely N-dealkylation sites (N-methyl/N-ethyl adjacent to an activating group) is 1. The Hall–Kier alpha value is -2.06. The van der Waals surface area contributed by atoms with Crippen molar-refractivity contribution in [2.75, 3.05) is 20.2 Å². The summed E-state index contributed by atoms with van der Waals surface area (Å²) in [7, 11) is 1.92. The molecular formula is C21H26F3N3O2. The average molecular weight is 409 g/mol. The molecule has 2 aromatic rings. The lowest BCUT2D eigenvalue weighted by Crippen LogP contribution is -2.55. The lowest BCUT2D eigenvalue weighted by atomic mass is 9.72. The van der Waals surface area contributed by atoms with E-state index < -0.39 is 37.1 Å². The maximum absolute atomic E-state index is 13.6. The molecule has 4 rings (SSSR count). The normalized spacial score (nSPS) is 25.7. The Balaban J connectivity index is 1.63. The zero-order chi connectivity index (χ0) is 20.9. The molecule has 2 heterocycles. The number of carbonyl (C=O) groups excluding carboxylic acids is 1. The molecule has 4 atom stereocenters. The van der Waals surface area contributed by atoms with Crippen LogP contribution in [0.5, 0.6) is 0 Å². The second-order valence-electron chi connectivity index (χ2n) is 8.44. The second kappa shape index (κ2) is 7.32. The number of aliphatic hydroxyl groups excluding tert-OH is 1. The first-order valence-corrected chi connectivity index (χ1v) is 9.92. The fourth-order valence-electron chi connectivity index (χ4n) is 5.03. The van der Waals surface area contributed by atoms with Gasteiger partial charge in [0, 0.05) is 36.3 Å². The minimum atomic E-state index is -3.20. The summed E-state index contributed by atoms with van der Waals surface area (Å²) >= 11 is 0. The van der Waals surface area contributed by atoms with Crippen LogP contribution in [0.2, 0.25) is 0 Å². The number of alkyl halides is 3. The molecule has 1 amide bonds. The summed E-state index contributed by atoms with van der Waals surface area (Å²) in [6.07, 6.45) is 1.22. The monoisotopic (exact) mass is 409 g/mol. The van der Waals surface area contributed by atoms with Crippen LogP contribution in [0.15, 0.2) is 18.2 Å². The number of hydrogen-bond donors (Lipinski definition) is 3. The van der Waals surface area contributed by atoms with Crippen LogP contribution in [0.1, 0.15) is 36.1 Å². The van der Waals surface area contributed by atoms with E-state index >= 15 is 0 Å². The van der Waals surface area contributed by atoms with Gasteiger partial charge < -0.3 is 20.3 Å². The molecule has 5 nitrogen and oxygen atoms in total. The van der Waals surface area contributed by atoms with Crippen molar-refractivity contribution in [3.63, 3.8) is 0 Å². The number of likely N-dealkylation sites (tertiary alicyclic amines) is 1. The number of hydrogen-bond acceptors (Lipinski definition) is 3. The van der Waals surface area contributed by atoms with Gasteiger partial charge in [-0.05, 0) is 37.1 Å². The third-order valence-electron chi connectivity index (χ3n) is 6.55. The number of fused-ring (bicyclic) bond motifs is 2. The smallest absolute Gasteiger partial charge is 0.267 e. The molecule has 0 bridgehead atoms. The molecule has 158 valence electrons. The number of aliphatic hydroxyl groups is 1. The van der Waals surface area contributed by atoms with Gasteiger partial charge in [0.2, 0.25) is 5.91 Å². The number of aromatic amines is 1. The van der Waals surface area contributed by atoms with E-state index in [0.29, 0.717) is 32.0 Å². The van der Waals surface area contributed by atoms with Gasteiger partial charge in [-0.15, -0.1) is 0 Å². The van der Waals surface area contributed by atoms with E-state index in [0.717, 1.165) is 22.0 Å². The molecule has 1 aliphatic heterocycles. The molecule has 0 spiro atoms. The van der Waals surface area contributed by atoms with Crippen LogP contribution in [0.3, 0.4) is 0 Å². The third kappa shape index (κ3) is 3.42. The minimum Gasteiger partial charge on any atom is -0.394 e. The maximum atomic E-state index is 13.6. The van der Waals surface area contributed by atoms with E-state index in [1.165, 1.54) is 0 Å². The Morgan fingerprint density at radius 2 is 2.21 bits per heavy atom. The molecule has 2 aliphatic rings. The van der Waals surface area contributed by atoms with Gasteiger partial charge >= 0.3 is 0 Å². The van der Waals surface area contributed by atoms with Gasteiger partial charge in [0.15, 0.2) is 0 Å². The summed E-state index contributed by atoms with van der Waals surface area (Å²) in [6, 6.07) is 4.39. The van der Waals surface area contributed by atoms with E-state index in [-0.39, 0.29) is 12.0 Å². The molecule has 3 N–H and O–H groups in total. The Labute approximate surface area is 167 Å². The Kier molecular flexibility index (Phi) is 5.11. The van der Waals surface area contributed by atoms with E-state index in [1.807, 2.05) is 25.2 Å². The molecule has 1 aromatic carbocycles. The van der Waals surface area contributed by atoms with Gasteiger partial charge in [0.25, 0.3) is 5.92 Å². The van der Waals surface area contributed by atoms with Crippen LogP contribution in [-0.2, 0) is 17.9 Å². The maximum Gasteiger partial charge on any atom is 0.267 e. The zero-order valence-corrected chi connectivity index (χ0v) is 16.5. The average Bonchev–Trinajstić information content (AvgIpc) is 3.04. The Morgan fingerprint density at radius 3 is 2.86 bits per heavy atom. The van der Waals surface area contributed by atoms with E-state index in [1.54, 1.807) is 0 Å². The van der Waals surface area contributed by atoms with Gasteiger partial charge in [-0.25, -0.2) is 13.2 Å². The van der Waals surface area contributed by atoms with Crippen LogP contribution >= 0.6 is 0 Å². The van der Waals surface area contributed by atoms with Gasteiger partial charge in [0.05, 0.1) is 18.2 Å². The Morgan fingerprint density at radius 1 is 1.45 bits per heavy atom. The molecule has 1 aromatic heterocycles. The molecule has 1 fully saturated rings. The van der Waals surface area contributed by atoms with Crippen molar-refractivity contribution in [3.05, 3.63) is 35.0 Å². The van der Waals surface area contributed by atoms with Crippen LogP contribution in [-0.4, -0.2) is 59.1 Å². The first-order chi connectivity index (χ1) is 13.7. The highest BCUT2D eigenvalue weighted by Crippen LogP contribution is 2.45. The predicted molar refractivity (Wildman–Crippen MR) is 104 cm³/mol. The lowest BCUT2D eigenvalue weighted by molar-refractivity contribution is -0.132. The van der Waals surface area contributed by atoms with Crippen molar-refractivity contribution in [1.29, 1.82) is 0 Å². The second-order valence-corrected chi connectivity index (χ2v) is 8.44. The number of piperidine rings is 1. The number of H-pyrrole nitrogens is 1. The molecule has 29 heavy (non-hydrogen) atoms. The lowest BCUT2D eigenvalue weighted by Gasteiger charge is -2.45. The van der Waals surface area contributed by atoms with E-state index in [9.17, 15) is 23.1 Å². The number of carbonyl (C=O) groups is 1. The van der Waals surface area contributed by atoms with Gasteiger partial charge in [-0.2, -0.15) is 0 Å². The van der Waals surface area contributed by atoms with Crippen LogP contribution in [0.25, 0.3) is 10.9 Å². The standard InChI is InChI=1S/C21H26F3N3O2/c1-21(23,24)18(10-28)26-20(29)11-6-13-12-4-3-5-15-19(12)14(16(8-22)25-15)7-17(13)27(2)9-11/h3-5,11,13,17-18,25,28H,6-10H2,1-2H3,(H,26,29). The minimum absolute atomic E-state index is 0.0543. The number of nitrogens with zero attached hydrogens (tertiary/aromatic N) is 1. The first kappa shape index (κ1) is 20.2. The van der Waals surface area contributed by atoms with Crippen LogP contribution in [0, 0.1) is 5.92 Å². The van der Waals surface area contributed by atoms with Gasteiger partial charge in [-0.3, -0.25) is 4.79 Å². The largest absolute Gasteiger partial charge is 0.394 e. The predicted octanol–water partition coefficient (Wildman–Crippen LogP) is 2.73. The summed E-state index contributed by atoms with van der Waals surface area (Å²) in [5, 5.41) is 12.6. The molecule has 1 aliphatic carbocycles. The SMILES string of the molecule is CN1CC(C(=O)NC(CO)C(C)(F)F)CC2c3cccc4[nH]c(CF)c(c34)CC21. The van der Waals surface area contributed by atoms with Crippen molar-refractivity contribution in [2.24, 2.45) is 5.92 Å². The molecular weight excluding hydrogens is 383 g/mol. The summed E-state index contributed by atoms with van der Waals surface area (Å²) in [5.74, 6) is -4.08. The molecule has 0 saturated carbocycles. The molecule has 8 heteroatoms.